The predicted octanol–water partition coefficient (Wildman–Crippen LogP) is 3.04. The minimum Gasteiger partial charge on any atom is -0.494 e. The Morgan fingerprint density at radius 3 is 2.58 bits per heavy atom. The number of benzene rings is 1. The number of hydrogen-bond acceptors (Lipinski definition) is 10. The number of nitro benzene ring substituents is 1. The van der Waals surface area contributed by atoms with Gasteiger partial charge in [0.05, 0.1) is 53.9 Å². The lowest BCUT2D eigenvalue weighted by atomic mass is 10.2. The molecule has 2 heterocycles. The third-order valence-corrected chi connectivity index (χ3v) is 5.39. The normalized spacial score (nSPS) is 10.7. The van der Waals surface area contributed by atoms with Gasteiger partial charge in [0.15, 0.2) is 11.4 Å². The lowest BCUT2D eigenvalue weighted by Crippen LogP contribution is -2.07. The van der Waals surface area contributed by atoms with Crippen molar-refractivity contribution in [2.24, 2.45) is 0 Å². The molecule has 3 aromatic rings. The number of fused-ring (bicyclic) bond motifs is 1. The molecule has 2 aromatic heterocycles. The zero-order valence-corrected chi connectivity index (χ0v) is 18.0. The average Bonchev–Trinajstić information content (AvgIpc) is 3.14. The second-order valence-electron chi connectivity index (χ2n) is 5.89. The van der Waals surface area contributed by atoms with E-state index in [2.05, 4.69) is 14.8 Å². The minimum absolute atomic E-state index is 0.0224. The fourth-order valence-electron chi connectivity index (χ4n) is 2.74. The predicted molar refractivity (Wildman–Crippen MR) is 111 cm³/mol. The van der Waals surface area contributed by atoms with Crippen molar-refractivity contribution in [3.05, 3.63) is 45.4 Å². The highest BCUT2D eigenvalue weighted by Crippen LogP contribution is 2.38. The first-order valence-corrected chi connectivity index (χ1v) is 9.86. The van der Waals surface area contributed by atoms with Crippen LogP contribution in [0.15, 0.2) is 29.3 Å². The fourth-order valence-corrected chi connectivity index (χ4v) is 3.76. The number of thioether (sulfide) groups is 1. The van der Waals surface area contributed by atoms with Gasteiger partial charge in [-0.3, -0.25) is 14.9 Å². The molecule has 3 rings (SSSR count). The summed E-state index contributed by atoms with van der Waals surface area (Å²) in [6, 6.07) is 4.13. The van der Waals surface area contributed by atoms with E-state index in [1.54, 1.807) is 0 Å². The molecule has 0 aliphatic heterocycles. The summed E-state index contributed by atoms with van der Waals surface area (Å²) < 4.78 is 16.1. The van der Waals surface area contributed by atoms with E-state index in [-0.39, 0.29) is 38.6 Å². The third-order valence-electron chi connectivity index (χ3n) is 4.17. The van der Waals surface area contributed by atoms with Gasteiger partial charge in [0.1, 0.15) is 10.8 Å². The standard InChI is InChI=1S/C18H15ClN4O7S/c1-28-13-4-12(23(26)27)14(31-8-16(24)29-2)5-11(13)22-10-6-15(19)20-7-9(10)17(21-22)18(25)30-3/h4-7H,8H2,1-3H3. The minimum atomic E-state index is -0.700. The van der Waals surface area contributed by atoms with E-state index in [1.165, 1.54) is 50.4 Å². The zero-order valence-electron chi connectivity index (χ0n) is 16.4. The van der Waals surface area contributed by atoms with Crippen molar-refractivity contribution in [3.8, 4) is 11.4 Å². The molecular formula is C18H15ClN4O7S. The van der Waals surface area contributed by atoms with Gasteiger partial charge in [0.25, 0.3) is 5.69 Å². The molecule has 0 unspecified atom stereocenters. The first-order valence-electron chi connectivity index (χ1n) is 8.49. The number of nitro groups is 1. The van der Waals surface area contributed by atoms with Gasteiger partial charge in [-0.15, -0.1) is 11.8 Å². The van der Waals surface area contributed by atoms with Crippen LogP contribution in [0.25, 0.3) is 16.6 Å². The van der Waals surface area contributed by atoms with Gasteiger partial charge in [0.2, 0.25) is 0 Å². The molecule has 0 atom stereocenters. The summed E-state index contributed by atoms with van der Waals surface area (Å²) in [5.41, 5.74) is 0.393. The summed E-state index contributed by atoms with van der Waals surface area (Å²) in [4.78, 5) is 38.9. The molecule has 0 N–H and O–H groups in total. The number of hydrogen-bond donors (Lipinski definition) is 0. The number of carbonyl (C=O) groups excluding carboxylic acids is 2. The monoisotopic (exact) mass is 466 g/mol. The molecule has 162 valence electrons. The summed E-state index contributed by atoms with van der Waals surface area (Å²) in [5, 5.41) is 16.4. The summed E-state index contributed by atoms with van der Waals surface area (Å²) >= 11 is 6.95. The Hall–Kier alpha value is -3.38. The SMILES string of the molecule is COC(=O)CSc1cc(-n2nc(C(=O)OC)c3cnc(Cl)cc32)c(OC)cc1[N+](=O)[O-]. The molecular weight excluding hydrogens is 452 g/mol. The summed E-state index contributed by atoms with van der Waals surface area (Å²) in [5.74, 6) is -1.28. The van der Waals surface area contributed by atoms with E-state index >= 15 is 0 Å². The molecule has 1 aromatic carbocycles. The van der Waals surface area contributed by atoms with Crippen LogP contribution in [-0.4, -0.2) is 58.7 Å². The molecule has 11 nitrogen and oxygen atoms in total. The van der Waals surface area contributed by atoms with Gasteiger partial charge in [-0.25, -0.2) is 14.5 Å². The third kappa shape index (κ3) is 4.39. The molecule has 0 aliphatic carbocycles. The van der Waals surface area contributed by atoms with Gasteiger partial charge in [-0.2, -0.15) is 5.10 Å². The lowest BCUT2D eigenvalue weighted by molar-refractivity contribution is -0.387. The summed E-state index contributed by atoms with van der Waals surface area (Å²) in [6.45, 7) is 0. The number of esters is 2. The van der Waals surface area contributed by atoms with E-state index in [0.717, 1.165) is 11.8 Å². The second-order valence-corrected chi connectivity index (χ2v) is 7.29. The van der Waals surface area contributed by atoms with Gasteiger partial charge >= 0.3 is 11.9 Å². The van der Waals surface area contributed by atoms with Gasteiger partial charge in [-0.1, -0.05) is 11.6 Å². The van der Waals surface area contributed by atoms with Crippen LogP contribution in [0.3, 0.4) is 0 Å². The highest BCUT2D eigenvalue weighted by molar-refractivity contribution is 8.00. The van der Waals surface area contributed by atoms with Crippen molar-refractivity contribution < 1.29 is 28.7 Å². The number of aromatic nitrogens is 3. The maximum Gasteiger partial charge on any atom is 0.359 e. The zero-order chi connectivity index (χ0) is 22.7. The molecule has 0 bridgehead atoms. The molecule has 0 saturated carbocycles. The van der Waals surface area contributed by atoms with Crippen molar-refractivity contribution in [3.63, 3.8) is 0 Å². The maximum atomic E-state index is 12.2. The van der Waals surface area contributed by atoms with Gasteiger partial charge in [0, 0.05) is 12.3 Å². The van der Waals surface area contributed by atoms with Crippen LogP contribution in [0.5, 0.6) is 5.75 Å². The van der Waals surface area contributed by atoms with Crippen LogP contribution in [0, 0.1) is 10.1 Å². The topological polar surface area (TPSA) is 136 Å². The Morgan fingerprint density at radius 1 is 1.23 bits per heavy atom. The van der Waals surface area contributed by atoms with E-state index in [0.29, 0.717) is 10.9 Å². The number of ether oxygens (including phenoxy) is 3. The number of halogens is 1. The molecule has 31 heavy (non-hydrogen) atoms. The van der Waals surface area contributed by atoms with E-state index in [4.69, 9.17) is 21.1 Å². The summed E-state index contributed by atoms with van der Waals surface area (Å²) in [6.07, 6.45) is 1.37. The molecule has 0 radical (unpaired) electrons. The highest BCUT2D eigenvalue weighted by atomic mass is 35.5. The quantitative estimate of drug-likeness (QED) is 0.168. The van der Waals surface area contributed by atoms with Crippen molar-refractivity contribution in [1.82, 2.24) is 14.8 Å². The maximum absolute atomic E-state index is 12.2. The van der Waals surface area contributed by atoms with Gasteiger partial charge < -0.3 is 14.2 Å². The Kier molecular flexibility index (Phi) is 6.61. The second kappa shape index (κ2) is 9.18. The van der Waals surface area contributed by atoms with E-state index in [9.17, 15) is 19.7 Å². The Balaban J connectivity index is 2.27. The summed E-state index contributed by atoms with van der Waals surface area (Å²) in [7, 11) is 3.77. The number of methoxy groups -OCH3 is 3. The van der Waals surface area contributed by atoms with Crippen LogP contribution in [0.4, 0.5) is 5.69 Å². The highest BCUT2D eigenvalue weighted by Gasteiger charge is 2.25. The Bertz CT molecular complexity index is 1200. The van der Waals surface area contributed by atoms with E-state index in [1.807, 2.05) is 0 Å². The molecule has 13 heteroatoms. The van der Waals surface area contributed by atoms with Crippen LogP contribution in [0.1, 0.15) is 10.5 Å². The Labute approximate surface area is 184 Å². The molecule has 0 spiro atoms. The Morgan fingerprint density at radius 2 is 1.97 bits per heavy atom. The molecule has 0 aliphatic rings. The van der Waals surface area contributed by atoms with Crippen LogP contribution in [0.2, 0.25) is 5.15 Å². The van der Waals surface area contributed by atoms with Crippen molar-refractivity contribution >= 4 is 51.9 Å². The van der Waals surface area contributed by atoms with Crippen LogP contribution in [-0.2, 0) is 14.3 Å². The van der Waals surface area contributed by atoms with Crippen molar-refractivity contribution in [2.45, 2.75) is 4.90 Å². The largest absolute Gasteiger partial charge is 0.494 e. The number of pyridine rings is 1. The first kappa shape index (κ1) is 22.3. The average molecular weight is 467 g/mol. The van der Waals surface area contributed by atoms with Crippen molar-refractivity contribution in [1.29, 1.82) is 0 Å². The molecule has 0 saturated heterocycles. The fraction of sp³-hybridized carbons (Fsp3) is 0.222. The number of nitrogens with zero attached hydrogens (tertiary/aromatic N) is 4. The van der Waals surface area contributed by atoms with E-state index < -0.39 is 16.9 Å². The first-order chi connectivity index (χ1) is 14.8. The molecule has 0 amide bonds. The number of rotatable bonds is 7. The molecule has 0 fully saturated rings. The van der Waals surface area contributed by atoms with Crippen molar-refractivity contribution in [2.75, 3.05) is 27.1 Å². The van der Waals surface area contributed by atoms with Crippen LogP contribution < -0.4 is 4.74 Å². The lowest BCUT2D eigenvalue weighted by Gasteiger charge is -2.12. The van der Waals surface area contributed by atoms with Crippen LogP contribution >= 0.6 is 23.4 Å². The smallest absolute Gasteiger partial charge is 0.359 e. The number of carbonyl (C=O) groups is 2. The van der Waals surface area contributed by atoms with Gasteiger partial charge in [-0.05, 0) is 6.07 Å².